The Kier molecular flexibility index (Phi) is 2.84. The van der Waals surface area contributed by atoms with Gasteiger partial charge in [-0.25, -0.2) is 14.4 Å². The maximum atomic E-state index is 6.43. The number of rotatable bonds is 0. The van der Waals surface area contributed by atoms with Gasteiger partial charge in [-0.15, -0.1) is 0 Å². The Balaban J connectivity index is 1.41. The molecule has 0 fully saturated rings. The molecule has 7 heteroatoms. The van der Waals surface area contributed by atoms with Crippen molar-refractivity contribution in [3.05, 3.63) is 91.0 Å². The van der Waals surface area contributed by atoms with E-state index in [1.165, 1.54) is 0 Å². The standard InChI is InChI=1S/C32H15N5O2/c1-3-10-23-16(6-1)17-12-13-20-28(30(17)39-23)36-22-9-5-8-21-29(22)37(32(36)34-20)31-33-19-14-15-25-26(27(19)35(21)31)18-7-2-4-11-24(18)38-25/h1-15H. The minimum absolute atomic E-state index is 0.822. The molecule has 0 atom stereocenters. The Morgan fingerprint density at radius 2 is 1.13 bits per heavy atom. The van der Waals surface area contributed by atoms with Crippen molar-refractivity contribution in [2.75, 3.05) is 0 Å². The molecule has 180 valence electrons. The molecule has 11 rings (SSSR count). The first-order valence-corrected chi connectivity index (χ1v) is 12.9. The molecule has 0 aliphatic heterocycles. The fourth-order valence-corrected chi connectivity index (χ4v) is 6.85. The summed E-state index contributed by atoms with van der Waals surface area (Å²) in [5.74, 6) is 1.66. The third kappa shape index (κ3) is 1.94. The second kappa shape index (κ2) is 5.95. The fourth-order valence-electron chi connectivity index (χ4n) is 6.85. The molecule has 5 aromatic carbocycles. The van der Waals surface area contributed by atoms with Crippen LogP contribution in [0.1, 0.15) is 0 Å². The third-order valence-corrected chi connectivity index (χ3v) is 8.38. The normalized spacial score (nSPS) is 13.1. The monoisotopic (exact) mass is 501 g/mol. The summed E-state index contributed by atoms with van der Waals surface area (Å²) in [6.07, 6.45) is 0. The maximum Gasteiger partial charge on any atom is 0.223 e. The number of fused-ring (bicyclic) bond motifs is 18. The highest BCUT2D eigenvalue weighted by Crippen LogP contribution is 2.41. The van der Waals surface area contributed by atoms with Crippen molar-refractivity contribution >= 4 is 94.0 Å². The molecule has 0 N–H and O–H groups in total. The number of para-hydroxylation sites is 3. The smallest absolute Gasteiger partial charge is 0.223 e. The number of hydrogen-bond donors (Lipinski definition) is 0. The predicted molar refractivity (Wildman–Crippen MR) is 153 cm³/mol. The highest BCUT2D eigenvalue weighted by molar-refractivity contribution is 6.20. The Bertz CT molecular complexity index is 2840. The summed E-state index contributed by atoms with van der Waals surface area (Å²) >= 11 is 0. The summed E-state index contributed by atoms with van der Waals surface area (Å²) in [6.45, 7) is 0. The quantitative estimate of drug-likeness (QED) is 0.212. The molecule has 7 nitrogen and oxygen atoms in total. The zero-order chi connectivity index (χ0) is 25.0. The maximum absolute atomic E-state index is 6.43. The van der Waals surface area contributed by atoms with Gasteiger partial charge in [-0.2, -0.15) is 0 Å². The summed E-state index contributed by atoms with van der Waals surface area (Å²) in [6, 6.07) is 31.1. The van der Waals surface area contributed by atoms with Crippen LogP contribution < -0.4 is 0 Å². The lowest BCUT2D eigenvalue weighted by atomic mass is 10.1. The summed E-state index contributed by atoms with van der Waals surface area (Å²) in [4.78, 5) is 10.3. The van der Waals surface area contributed by atoms with Gasteiger partial charge < -0.3 is 8.83 Å². The molecule has 0 amide bonds. The molecule has 11 aromatic rings. The van der Waals surface area contributed by atoms with Crippen molar-refractivity contribution in [1.29, 1.82) is 0 Å². The van der Waals surface area contributed by atoms with Crippen LogP contribution in [0.25, 0.3) is 94.0 Å². The molecule has 39 heavy (non-hydrogen) atoms. The minimum Gasteiger partial charge on any atom is -0.456 e. The van der Waals surface area contributed by atoms with Crippen LogP contribution in [-0.2, 0) is 0 Å². The van der Waals surface area contributed by atoms with E-state index in [0.29, 0.717) is 0 Å². The van der Waals surface area contributed by atoms with Gasteiger partial charge in [-0.05, 0) is 48.5 Å². The Hall–Kier alpha value is -5.56. The van der Waals surface area contributed by atoms with Gasteiger partial charge in [0.1, 0.15) is 27.8 Å². The Morgan fingerprint density at radius 1 is 0.462 bits per heavy atom. The van der Waals surface area contributed by atoms with Gasteiger partial charge >= 0.3 is 0 Å². The number of hydrogen-bond acceptors (Lipinski definition) is 4. The van der Waals surface area contributed by atoms with E-state index in [9.17, 15) is 0 Å². The second-order valence-corrected chi connectivity index (χ2v) is 10.3. The van der Waals surface area contributed by atoms with Crippen LogP contribution in [0.4, 0.5) is 0 Å². The molecule has 0 saturated heterocycles. The summed E-state index contributed by atoms with van der Waals surface area (Å²) in [5.41, 5.74) is 10.6. The summed E-state index contributed by atoms with van der Waals surface area (Å²) in [5, 5.41) is 4.38. The highest BCUT2D eigenvalue weighted by Gasteiger charge is 2.26. The van der Waals surface area contributed by atoms with E-state index in [1.54, 1.807) is 0 Å². The van der Waals surface area contributed by atoms with E-state index in [1.807, 2.05) is 36.4 Å². The van der Waals surface area contributed by atoms with Crippen molar-refractivity contribution in [2.24, 2.45) is 0 Å². The topological polar surface area (TPSA) is 65.3 Å². The second-order valence-electron chi connectivity index (χ2n) is 10.3. The SMILES string of the molecule is c1ccc2c(c1)oc1c2ccc2nc3n(c4cccc5c4n3c3nc4ccc6oc7ccccc7c6c4n53)c21. The summed E-state index contributed by atoms with van der Waals surface area (Å²) < 4.78 is 19.3. The molecule has 0 aliphatic carbocycles. The predicted octanol–water partition coefficient (Wildman–Crippen LogP) is 7.93. The number of furan rings is 2. The van der Waals surface area contributed by atoms with Crippen LogP contribution in [0.15, 0.2) is 99.8 Å². The van der Waals surface area contributed by atoms with Crippen molar-refractivity contribution in [1.82, 2.24) is 23.2 Å². The van der Waals surface area contributed by atoms with Gasteiger partial charge in [0.2, 0.25) is 11.6 Å². The molecule has 0 spiro atoms. The van der Waals surface area contributed by atoms with Crippen molar-refractivity contribution < 1.29 is 8.83 Å². The molecule has 0 bridgehead atoms. The van der Waals surface area contributed by atoms with E-state index in [0.717, 1.165) is 94.0 Å². The fraction of sp³-hybridized carbons (Fsp3) is 0. The van der Waals surface area contributed by atoms with Crippen molar-refractivity contribution in [3.63, 3.8) is 0 Å². The van der Waals surface area contributed by atoms with Crippen molar-refractivity contribution in [3.8, 4) is 0 Å². The third-order valence-electron chi connectivity index (χ3n) is 8.38. The Morgan fingerprint density at radius 3 is 1.95 bits per heavy atom. The van der Waals surface area contributed by atoms with E-state index in [-0.39, 0.29) is 0 Å². The van der Waals surface area contributed by atoms with Crippen LogP contribution in [0.3, 0.4) is 0 Å². The van der Waals surface area contributed by atoms with Crippen LogP contribution in [0.5, 0.6) is 0 Å². The van der Waals surface area contributed by atoms with E-state index >= 15 is 0 Å². The van der Waals surface area contributed by atoms with Gasteiger partial charge in [0.25, 0.3) is 0 Å². The van der Waals surface area contributed by atoms with Gasteiger partial charge in [-0.1, -0.05) is 42.5 Å². The van der Waals surface area contributed by atoms with Crippen LogP contribution in [0, 0.1) is 0 Å². The van der Waals surface area contributed by atoms with Crippen molar-refractivity contribution in [2.45, 2.75) is 0 Å². The lowest BCUT2D eigenvalue weighted by Crippen LogP contribution is -1.87. The van der Waals surface area contributed by atoms with E-state index in [2.05, 4.69) is 67.8 Å². The molecule has 0 saturated carbocycles. The lowest BCUT2D eigenvalue weighted by Gasteiger charge is -1.99. The van der Waals surface area contributed by atoms with Gasteiger partial charge in [0, 0.05) is 16.2 Å². The first-order chi connectivity index (χ1) is 19.3. The van der Waals surface area contributed by atoms with Crippen LogP contribution >= 0.6 is 0 Å². The van der Waals surface area contributed by atoms with Crippen LogP contribution in [0.2, 0.25) is 0 Å². The Labute approximate surface area is 217 Å². The molecule has 6 aromatic heterocycles. The number of nitrogens with zero attached hydrogens (tertiary/aromatic N) is 5. The number of imidazole rings is 4. The van der Waals surface area contributed by atoms with Gasteiger partial charge in [0.05, 0.1) is 33.0 Å². The zero-order valence-electron chi connectivity index (χ0n) is 20.2. The molecule has 0 unspecified atom stereocenters. The highest BCUT2D eigenvalue weighted by atomic mass is 16.3. The first kappa shape index (κ1) is 18.6. The van der Waals surface area contributed by atoms with Gasteiger partial charge in [0.15, 0.2) is 5.58 Å². The van der Waals surface area contributed by atoms with E-state index in [4.69, 9.17) is 18.8 Å². The number of aromatic nitrogens is 5. The lowest BCUT2D eigenvalue weighted by molar-refractivity contribution is 0.669. The zero-order valence-corrected chi connectivity index (χ0v) is 20.2. The van der Waals surface area contributed by atoms with Gasteiger partial charge in [-0.3, -0.25) is 8.80 Å². The average molecular weight is 502 g/mol. The number of benzene rings is 5. The minimum atomic E-state index is 0.822. The largest absolute Gasteiger partial charge is 0.456 e. The summed E-state index contributed by atoms with van der Waals surface area (Å²) in [7, 11) is 0. The average Bonchev–Trinajstić information content (AvgIpc) is 3.78. The molecular weight excluding hydrogens is 486 g/mol. The van der Waals surface area contributed by atoms with Crippen LogP contribution in [-0.4, -0.2) is 23.2 Å². The molecular formula is C32H15N5O2. The van der Waals surface area contributed by atoms with E-state index < -0.39 is 0 Å². The molecule has 0 aliphatic rings. The molecule has 6 heterocycles. The molecule has 0 radical (unpaired) electrons. The first-order valence-electron chi connectivity index (χ1n) is 12.9.